The second-order valence-corrected chi connectivity index (χ2v) is 7.14. The van der Waals surface area contributed by atoms with Crippen molar-refractivity contribution in [2.24, 2.45) is 0 Å². The van der Waals surface area contributed by atoms with E-state index in [1.54, 1.807) is 43.4 Å². The summed E-state index contributed by atoms with van der Waals surface area (Å²) in [7, 11) is 1.59. The van der Waals surface area contributed by atoms with Crippen molar-refractivity contribution in [3.05, 3.63) is 70.1 Å². The molecule has 0 atom stereocenters. The molecule has 0 aliphatic carbocycles. The number of aryl methyl sites for hydroxylation is 1. The molecule has 1 aromatic heterocycles. The van der Waals surface area contributed by atoms with Crippen LogP contribution in [0.25, 0.3) is 11.0 Å². The third kappa shape index (κ3) is 5.26. The number of carbonyl (C=O) groups excluding carboxylic acids is 2. The van der Waals surface area contributed by atoms with Crippen molar-refractivity contribution in [2.75, 3.05) is 12.4 Å². The Morgan fingerprint density at radius 1 is 1.10 bits per heavy atom. The topological polar surface area (TPSA) is 97.6 Å². The van der Waals surface area contributed by atoms with Crippen molar-refractivity contribution in [1.29, 1.82) is 0 Å². The van der Waals surface area contributed by atoms with Gasteiger partial charge in [0, 0.05) is 30.6 Å². The lowest BCUT2D eigenvalue weighted by Gasteiger charge is -2.10. The first-order valence-corrected chi connectivity index (χ1v) is 9.71. The number of ether oxygens (including phenoxy) is 1. The molecule has 0 saturated heterocycles. The number of hydrogen-bond donors (Lipinski definition) is 2. The van der Waals surface area contributed by atoms with Gasteiger partial charge in [-0.3, -0.25) is 9.59 Å². The molecule has 0 unspecified atom stereocenters. The maximum Gasteiger partial charge on any atom is 0.349 e. The number of fused-ring (bicyclic) bond motifs is 1. The summed E-state index contributed by atoms with van der Waals surface area (Å²) in [4.78, 5) is 36.4. The predicted molar refractivity (Wildman–Crippen MR) is 115 cm³/mol. The molecule has 0 aliphatic heterocycles. The molecule has 0 fully saturated rings. The van der Waals surface area contributed by atoms with Gasteiger partial charge >= 0.3 is 5.63 Å². The number of rotatable bonds is 7. The molecular formula is C23H24N2O5. The van der Waals surface area contributed by atoms with E-state index in [0.29, 0.717) is 35.2 Å². The summed E-state index contributed by atoms with van der Waals surface area (Å²) in [6, 6.07) is 13.8. The Balaban J connectivity index is 1.79. The zero-order valence-corrected chi connectivity index (χ0v) is 17.2. The van der Waals surface area contributed by atoms with E-state index in [1.165, 1.54) is 6.07 Å². The van der Waals surface area contributed by atoms with Gasteiger partial charge in [-0.25, -0.2) is 4.79 Å². The molecule has 30 heavy (non-hydrogen) atoms. The summed E-state index contributed by atoms with van der Waals surface area (Å²) in [5.74, 6) is -0.0248. The van der Waals surface area contributed by atoms with Crippen molar-refractivity contribution >= 4 is 28.5 Å². The lowest BCUT2D eigenvalue weighted by Crippen LogP contribution is -2.21. The molecule has 3 rings (SSSR count). The molecule has 0 spiro atoms. The number of benzene rings is 2. The minimum Gasteiger partial charge on any atom is -0.491 e. The monoisotopic (exact) mass is 408 g/mol. The molecule has 2 N–H and O–H groups in total. The van der Waals surface area contributed by atoms with Crippen LogP contribution in [0.2, 0.25) is 0 Å². The van der Waals surface area contributed by atoms with E-state index in [0.717, 1.165) is 5.56 Å². The Kier molecular flexibility index (Phi) is 6.51. The lowest BCUT2D eigenvalue weighted by molar-refractivity contribution is -0.120. The van der Waals surface area contributed by atoms with Crippen molar-refractivity contribution in [3.8, 4) is 5.75 Å². The molecule has 156 valence electrons. The first-order valence-electron chi connectivity index (χ1n) is 9.71. The molecule has 2 amide bonds. The van der Waals surface area contributed by atoms with Crippen LogP contribution in [-0.2, 0) is 11.2 Å². The molecule has 0 aliphatic rings. The van der Waals surface area contributed by atoms with Gasteiger partial charge in [-0.15, -0.1) is 0 Å². The second kappa shape index (κ2) is 9.26. The number of hydrogen-bond acceptors (Lipinski definition) is 5. The first kappa shape index (κ1) is 21.1. The molecule has 0 bridgehead atoms. The fourth-order valence-corrected chi connectivity index (χ4v) is 2.98. The highest BCUT2D eigenvalue weighted by Crippen LogP contribution is 2.22. The Labute approximate surface area is 174 Å². The van der Waals surface area contributed by atoms with Crippen LogP contribution in [0, 0.1) is 0 Å². The highest BCUT2D eigenvalue weighted by molar-refractivity contribution is 6.05. The Morgan fingerprint density at radius 2 is 1.90 bits per heavy atom. The van der Waals surface area contributed by atoms with Crippen LogP contribution in [0.1, 0.15) is 36.2 Å². The maximum absolute atomic E-state index is 12.7. The number of nitrogens with one attached hydrogen (secondary N) is 2. The third-order valence-corrected chi connectivity index (χ3v) is 4.43. The second-order valence-electron chi connectivity index (χ2n) is 7.14. The van der Waals surface area contributed by atoms with Crippen LogP contribution in [0.5, 0.6) is 5.75 Å². The highest BCUT2D eigenvalue weighted by atomic mass is 16.5. The highest BCUT2D eigenvalue weighted by Gasteiger charge is 2.15. The van der Waals surface area contributed by atoms with E-state index in [2.05, 4.69) is 10.6 Å². The van der Waals surface area contributed by atoms with Gasteiger partial charge in [0.2, 0.25) is 5.91 Å². The summed E-state index contributed by atoms with van der Waals surface area (Å²) in [5, 5.41) is 5.91. The average molecular weight is 408 g/mol. The van der Waals surface area contributed by atoms with Gasteiger partial charge in [-0.2, -0.15) is 0 Å². The molecular weight excluding hydrogens is 384 g/mol. The van der Waals surface area contributed by atoms with Crippen molar-refractivity contribution in [3.63, 3.8) is 0 Å². The smallest absolute Gasteiger partial charge is 0.349 e. The Morgan fingerprint density at radius 3 is 2.63 bits per heavy atom. The number of carbonyl (C=O) groups is 2. The fourth-order valence-electron chi connectivity index (χ4n) is 2.98. The predicted octanol–water partition coefficient (Wildman–Crippen LogP) is 3.51. The van der Waals surface area contributed by atoms with Crippen molar-refractivity contribution in [2.45, 2.75) is 32.8 Å². The van der Waals surface area contributed by atoms with Gasteiger partial charge in [-0.1, -0.05) is 12.1 Å². The molecule has 2 aromatic carbocycles. The summed E-state index contributed by atoms with van der Waals surface area (Å²) >= 11 is 0. The van der Waals surface area contributed by atoms with Crippen LogP contribution in [0.4, 0.5) is 5.69 Å². The lowest BCUT2D eigenvalue weighted by atomic mass is 10.1. The van der Waals surface area contributed by atoms with E-state index < -0.39 is 11.5 Å². The molecule has 7 nitrogen and oxygen atoms in total. The quantitative estimate of drug-likeness (QED) is 0.583. The summed E-state index contributed by atoms with van der Waals surface area (Å²) in [6.07, 6.45) is 0.888. The molecule has 0 saturated carbocycles. The molecule has 0 radical (unpaired) electrons. The van der Waals surface area contributed by atoms with E-state index in [9.17, 15) is 14.4 Å². The van der Waals surface area contributed by atoms with Crippen LogP contribution in [0.15, 0.2) is 57.7 Å². The standard InChI is InChI=1S/C23H24N2O5/c1-14(2)29-18-9-8-16-12-19(23(28)30-20(16)13-18)22(27)25-17-6-4-5-15(11-17)7-10-21(26)24-3/h4-6,8-9,11-14H,7,10H2,1-3H3,(H,24,26)(H,25,27). The normalized spacial score (nSPS) is 10.8. The maximum atomic E-state index is 12.7. The van der Waals surface area contributed by atoms with Gasteiger partial charge in [-0.05, 0) is 56.2 Å². The van der Waals surface area contributed by atoms with Crippen molar-refractivity contribution in [1.82, 2.24) is 5.32 Å². The summed E-state index contributed by atoms with van der Waals surface area (Å²) in [6.45, 7) is 3.81. The molecule has 7 heteroatoms. The SMILES string of the molecule is CNC(=O)CCc1cccc(NC(=O)c2cc3ccc(OC(C)C)cc3oc2=O)c1. The fraction of sp³-hybridized carbons (Fsp3) is 0.261. The van der Waals surface area contributed by atoms with Gasteiger partial charge in [0.05, 0.1) is 6.10 Å². The first-order chi connectivity index (χ1) is 14.4. The van der Waals surface area contributed by atoms with Crippen LogP contribution >= 0.6 is 0 Å². The van der Waals surface area contributed by atoms with Crippen LogP contribution < -0.4 is 21.0 Å². The van der Waals surface area contributed by atoms with Crippen LogP contribution in [-0.4, -0.2) is 25.0 Å². The molecule has 3 aromatic rings. The average Bonchev–Trinajstić information content (AvgIpc) is 2.71. The van der Waals surface area contributed by atoms with Gasteiger partial charge < -0.3 is 19.8 Å². The molecule has 1 heterocycles. The van der Waals surface area contributed by atoms with Gasteiger partial charge in [0.15, 0.2) is 0 Å². The van der Waals surface area contributed by atoms with E-state index in [-0.39, 0.29) is 17.6 Å². The van der Waals surface area contributed by atoms with Gasteiger partial charge in [0.25, 0.3) is 5.91 Å². The van der Waals surface area contributed by atoms with Crippen molar-refractivity contribution < 1.29 is 18.7 Å². The number of amides is 2. The minimum atomic E-state index is -0.725. The minimum absolute atomic E-state index is 0.00802. The zero-order valence-electron chi connectivity index (χ0n) is 17.2. The Bertz CT molecular complexity index is 1130. The summed E-state index contributed by atoms with van der Waals surface area (Å²) < 4.78 is 10.9. The summed E-state index contributed by atoms with van der Waals surface area (Å²) in [5.41, 5.74) is 0.980. The Hall–Kier alpha value is -3.61. The van der Waals surface area contributed by atoms with E-state index in [1.807, 2.05) is 19.9 Å². The van der Waals surface area contributed by atoms with E-state index in [4.69, 9.17) is 9.15 Å². The van der Waals surface area contributed by atoms with E-state index >= 15 is 0 Å². The van der Waals surface area contributed by atoms with Crippen LogP contribution in [0.3, 0.4) is 0 Å². The number of anilines is 1. The largest absolute Gasteiger partial charge is 0.491 e. The zero-order chi connectivity index (χ0) is 21.7. The third-order valence-electron chi connectivity index (χ3n) is 4.43. The van der Waals surface area contributed by atoms with Gasteiger partial charge in [0.1, 0.15) is 16.9 Å².